The zero-order chi connectivity index (χ0) is 19.1. The van der Waals surface area contributed by atoms with Gasteiger partial charge in [0, 0.05) is 44.1 Å². The monoisotopic (exact) mass is 395 g/mol. The lowest BCUT2D eigenvalue weighted by molar-refractivity contribution is -0.130. The van der Waals surface area contributed by atoms with Crippen LogP contribution in [0.5, 0.6) is 0 Å². The molecule has 0 spiro atoms. The van der Waals surface area contributed by atoms with E-state index in [0.717, 1.165) is 50.4 Å². The Kier molecular flexibility index (Phi) is 4.55. The standard InChI is InChI=1S/C21H25N5OS/c1-15-2-3-18-17(12-15)20-21(22-5-6-26(20)23-18)25-9-7-24(8-10-25)19(27)13-16-4-11-28-14-16/h4-6,11,14-15H,2-3,7-10,12-13H2,1H3. The third-order valence-corrected chi connectivity index (χ3v) is 6.73. The highest BCUT2D eigenvalue weighted by Gasteiger charge is 2.27. The van der Waals surface area contributed by atoms with Crippen molar-refractivity contribution in [2.45, 2.75) is 32.6 Å². The van der Waals surface area contributed by atoms with Gasteiger partial charge in [-0.3, -0.25) is 4.79 Å². The molecule has 7 heteroatoms. The SMILES string of the molecule is CC1CCc2nn3ccnc(N4CCN(C(=O)Cc5ccsc5)CC4)c3c2C1. The maximum Gasteiger partial charge on any atom is 0.227 e. The van der Waals surface area contributed by atoms with Gasteiger partial charge in [-0.15, -0.1) is 0 Å². The molecule has 5 rings (SSSR count). The third kappa shape index (κ3) is 3.17. The van der Waals surface area contributed by atoms with E-state index in [1.807, 2.05) is 33.3 Å². The lowest BCUT2D eigenvalue weighted by Gasteiger charge is -2.35. The molecule has 6 nitrogen and oxygen atoms in total. The molecule has 28 heavy (non-hydrogen) atoms. The van der Waals surface area contributed by atoms with E-state index in [0.29, 0.717) is 12.3 Å². The van der Waals surface area contributed by atoms with Crippen LogP contribution < -0.4 is 4.90 Å². The maximum absolute atomic E-state index is 12.6. The van der Waals surface area contributed by atoms with Gasteiger partial charge in [-0.25, -0.2) is 9.50 Å². The molecule has 1 aliphatic heterocycles. The fourth-order valence-corrected chi connectivity index (χ4v) is 5.09. The molecule has 146 valence electrons. The number of hydrogen-bond donors (Lipinski definition) is 0. The van der Waals surface area contributed by atoms with Crippen molar-refractivity contribution >= 4 is 28.6 Å². The highest BCUT2D eigenvalue weighted by molar-refractivity contribution is 7.08. The first-order valence-electron chi connectivity index (χ1n) is 10.1. The van der Waals surface area contributed by atoms with Crippen LogP contribution in [0.25, 0.3) is 5.52 Å². The molecular weight excluding hydrogens is 370 g/mol. The van der Waals surface area contributed by atoms with Gasteiger partial charge in [-0.1, -0.05) is 6.92 Å². The summed E-state index contributed by atoms with van der Waals surface area (Å²) in [6.45, 7) is 5.45. The average molecular weight is 396 g/mol. The van der Waals surface area contributed by atoms with Crippen molar-refractivity contribution in [1.82, 2.24) is 19.5 Å². The number of anilines is 1. The number of thiophene rings is 1. The minimum absolute atomic E-state index is 0.222. The number of fused-ring (bicyclic) bond motifs is 3. The van der Waals surface area contributed by atoms with Crippen molar-refractivity contribution < 1.29 is 4.79 Å². The molecule has 0 aromatic carbocycles. The number of carbonyl (C=O) groups excluding carboxylic acids is 1. The molecule has 0 N–H and O–H groups in total. The van der Waals surface area contributed by atoms with Crippen LogP contribution in [0.3, 0.4) is 0 Å². The Labute approximate surface area is 168 Å². The zero-order valence-electron chi connectivity index (χ0n) is 16.2. The summed E-state index contributed by atoms with van der Waals surface area (Å²) in [6, 6.07) is 2.03. The number of aromatic nitrogens is 3. The summed E-state index contributed by atoms with van der Waals surface area (Å²) in [5.74, 6) is 1.94. The van der Waals surface area contributed by atoms with Crippen LogP contribution in [0.1, 0.15) is 30.2 Å². The van der Waals surface area contributed by atoms with Gasteiger partial charge in [0.05, 0.1) is 12.1 Å². The molecule has 2 aliphatic rings. The quantitative estimate of drug-likeness (QED) is 0.684. The number of amides is 1. The number of aryl methyl sites for hydroxylation is 1. The van der Waals surface area contributed by atoms with E-state index >= 15 is 0 Å². The molecule has 0 radical (unpaired) electrons. The molecule has 1 atom stereocenters. The van der Waals surface area contributed by atoms with Gasteiger partial charge in [0.2, 0.25) is 5.91 Å². The van der Waals surface area contributed by atoms with Crippen molar-refractivity contribution in [3.63, 3.8) is 0 Å². The van der Waals surface area contributed by atoms with E-state index in [-0.39, 0.29) is 5.91 Å². The fraction of sp³-hybridized carbons (Fsp3) is 0.476. The molecule has 0 bridgehead atoms. The second kappa shape index (κ2) is 7.20. The average Bonchev–Trinajstić information content (AvgIpc) is 3.35. The highest BCUT2D eigenvalue weighted by atomic mass is 32.1. The predicted molar refractivity (Wildman–Crippen MR) is 111 cm³/mol. The Hall–Kier alpha value is -2.41. The molecule has 0 saturated carbocycles. The fourth-order valence-electron chi connectivity index (χ4n) is 4.42. The summed E-state index contributed by atoms with van der Waals surface area (Å²) in [5.41, 5.74) is 4.89. The van der Waals surface area contributed by atoms with Crippen molar-refractivity contribution in [2.24, 2.45) is 5.92 Å². The van der Waals surface area contributed by atoms with Crippen LogP contribution in [-0.2, 0) is 24.1 Å². The van der Waals surface area contributed by atoms with Crippen molar-refractivity contribution in [3.05, 3.63) is 46.0 Å². The topological polar surface area (TPSA) is 53.7 Å². The minimum Gasteiger partial charge on any atom is -0.351 e. The maximum atomic E-state index is 12.6. The molecule has 1 fully saturated rings. The molecule has 3 aromatic heterocycles. The molecule has 1 aliphatic carbocycles. The van der Waals surface area contributed by atoms with E-state index in [4.69, 9.17) is 10.1 Å². The van der Waals surface area contributed by atoms with E-state index in [1.165, 1.54) is 23.2 Å². The molecule has 1 saturated heterocycles. The zero-order valence-corrected chi connectivity index (χ0v) is 17.0. The van der Waals surface area contributed by atoms with Crippen LogP contribution in [0, 0.1) is 5.92 Å². The van der Waals surface area contributed by atoms with Gasteiger partial charge in [-0.05, 0) is 47.6 Å². The van der Waals surface area contributed by atoms with Crippen LogP contribution in [-0.4, -0.2) is 51.6 Å². The summed E-state index contributed by atoms with van der Waals surface area (Å²) in [6.07, 6.45) is 7.66. The summed E-state index contributed by atoms with van der Waals surface area (Å²) in [5, 5.41) is 8.90. The molecule has 3 aromatic rings. The largest absolute Gasteiger partial charge is 0.351 e. The van der Waals surface area contributed by atoms with Gasteiger partial charge >= 0.3 is 0 Å². The van der Waals surface area contributed by atoms with Crippen LogP contribution in [0.15, 0.2) is 29.2 Å². The third-order valence-electron chi connectivity index (χ3n) is 6.00. The molecular formula is C21H25N5OS. The van der Waals surface area contributed by atoms with Gasteiger partial charge in [0.15, 0.2) is 5.82 Å². The summed E-state index contributed by atoms with van der Waals surface area (Å²) >= 11 is 1.64. The van der Waals surface area contributed by atoms with E-state index in [1.54, 1.807) is 11.3 Å². The van der Waals surface area contributed by atoms with Gasteiger partial charge < -0.3 is 9.80 Å². The van der Waals surface area contributed by atoms with Gasteiger partial charge in [0.25, 0.3) is 0 Å². The first kappa shape index (κ1) is 17.7. The van der Waals surface area contributed by atoms with Gasteiger partial charge in [-0.2, -0.15) is 16.4 Å². The Morgan fingerprint density at radius 1 is 1.29 bits per heavy atom. The second-order valence-corrected chi connectivity index (χ2v) is 8.77. The number of rotatable bonds is 3. The second-order valence-electron chi connectivity index (χ2n) is 7.99. The normalized spacial score (nSPS) is 19.8. The smallest absolute Gasteiger partial charge is 0.227 e. The molecule has 4 heterocycles. The predicted octanol–water partition coefficient (Wildman–Crippen LogP) is 2.81. The van der Waals surface area contributed by atoms with E-state index in [9.17, 15) is 4.79 Å². The van der Waals surface area contributed by atoms with E-state index in [2.05, 4.69) is 17.2 Å². The highest BCUT2D eigenvalue weighted by Crippen LogP contribution is 2.32. The minimum atomic E-state index is 0.222. The number of carbonyl (C=O) groups is 1. The van der Waals surface area contributed by atoms with Crippen LogP contribution >= 0.6 is 11.3 Å². The number of hydrogen-bond acceptors (Lipinski definition) is 5. The summed E-state index contributed by atoms with van der Waals surface area (Å²) < 4.78 is 2.01. The molecule has 1 amide bonds. The summed E-state index contributed by atoms with van der Waals surface area (Å²) in [4.78, 5) is 21.6. The molecule has 1 unspecified atom stereocenters. The summed E-state index contributed by atoms with van der Waals surface area (Å²) in [7, 11) is 0. The Morgan fingerprint density at radius 2 is 2.14 bits per heavy atom. The van der Waals surface area contributed by atoms with Gasteiger partial charge in [0.1, 0.15) is 5.52 Å². The van der Waals surface area contributed by atoms with Crippen LogP contribution in [0.4, 0.5) is 5.82 Å². The van der Waals surface area contributed by atoms with Crippen molar-refractivity contribution in [3.8, 4) is 0 Å². The van der Waals surface area contributed by atoms with Crippen molar-refractivity contribution in [2.75, 3.05) is 31.1 Å². The lowest BCUT2D eigenvalue weighted by atomic mass is 9.88. The van der Waals surface area contributed by atoms with Crippen molar-refractivity contribution in [1.29, 1.82) is 0 Å². The number of piperazine rings is 1. The van der Waals surface area contributed by atoms with Crippen LogP contribution in [0.2, 0.25) is 0 Å². The Morgan fingerprint density at radius 3 is 2.93 bits per heavy atom. The Bertz CT molecular complexity index is 988. The lowest BCUT2D eigenvalue weighted by Crippen LogP contribution is -2.49. The first-order valence-corrected chi connectivity index (χ1v) is 11.0. The Balaban J connectivity index is 1.34. The first-order chi connectivity index (χ1) is 13.7. The number of nitrogens with zero attached hydrogens (tertiary/aromatic N) is 5. The van der Waals surface area contributed by atoms with E-state index < -0.39 is 0 Å².